The lowest BCUT2D eigenvalue weighted by Crippen LogP contribution is -2.46. The zero-order valence-corrected chi connectivity index (χ0v) is 18.5. The molecule has 0 saturated carbocycles. The van der Waals surface area contributed by atoms with Crippen LogP contribution in [0.2, 0.25) is 0 Å². The highest BCUT2D eigenvalue weighted by atomic mass is 79.9. The lowest BCUT2D eigenvalue weighted by molar-refractivity contribution is 0.0298. The Morgan fingerprint density at radius 2 is 2.00 bits per heavy atom. The third kappa shape index (κ3) is 2.87. The molecule has 0 aliphatic carbocycles. The van der Waals surface area contributed by atoms with Crippen molar-refractivity contribution in [2.45, 2.75) is 18.4 Å². The number of benzene rings is 2. The fourth-order valence-corrected chi connectivity index (χ4v) is 4.97. The Kier molecular flexibility index (Phi) is 4.67. The number of piperidine rings is 1. The minimum Gasteiger partial charge on any atom is -0.496 e. The second-order valence-electron chi connectivity index (χ2n) is 7.72. The maximum atomic E-state index is 13.6. The van der Waals surface area contributed by atoms with Gasteiger partial charge in [-0.1, -0.05) is 12.1 Å². The van der Waals surface area contributed by atoms with E-state index >= 15 is 0 Å². The van der Waals surface area contributed by atoms with Crippen molar-refractivity contribution in [2.24, 2.45) is 7.05 Å². The number of fused-ring (bicyclic) bond motifs is 4. The van der Waals surface area contributed by atoms with Crippen molar-refractivity contribution in [1.29, 1.82) is 0 Å². The fourth-order valence-electron chi connectivity index (χ4n) is 4.56. The summed E-state index contributed by atoms with van der Waals surface area (Å²) in [6.07, 6.45) is 1.56. The summed E-state index contributed by atoms with van der Waals surface area (Å²) in [4.78, 5) is 13.6. The monoisotopic (exact) mass is 467 g/mol. The normalized spacial score (nSPS) is 16.5. The largest absolute Gasteiger partial charge is 0.496 e. The first-order valence-electron chi connectivity index (χ1n) is 9.99. The van der Waals surface area contributed by atoms with E-state index in [4.69, 9.17) is 14.6 Å². The van der Waals surface area contributed by atoms with E-state index in [1.54, 1.807) is 19.2 Å². The Morgan fingerprint density at radius 3 is 2.77 bits per heavy atom. The van der Waals surface area contributed by atoms with Gasteiger partial charge in [0.25, 0.3) is 0 Å². The molecule has 1 aromatic heterocycles. The lowest BCUT2D eigenvalue weighted by atomic mass is 9.79. The molecule has 5 rings (SSSR count). The number of carbonyl (C=O) groups is 1. The van der Waals surface area contributed by atoms with Gasteiger partial charge in [0.2, 0.25) is 5.78 Å². The summed E-state index contributed by atoms with van der Waals surface area (Å²) in [5.74, 6) is 1.33. The van der Waals surface area contributed by atoms with Crippen molar-refractivity contribution in [3.8, 4) is 22.8 Å². The number of rotatable bonds is 3. The summed E-state index contributed by atoms with van der Waals surface area (Å²) in [7, 11) is 3.49. The predicted octanol–water partition coefficient (Wildman–Crippen LogP) is 4.06. The van der Waals surface area contributed by atoms with Crippen LogP contribution in [0, 0.1) is 0 Å². The second-order valence-corrected chi connectivity index (χ2v) is 8.57. The van der Waals surface area contributed by atoms with E-state index in [1.807, 2.05) is 42.1 Å². The van der Waals surface area contributed by atoms with Gasteiger partial charge in [-0.2, -0.15) is 5.10 Å². The lowest BCUT2D eigenvalue weighted by Gasteiger charge is -2.42. The zero-order chi connectivity index (χ0) is 20.9. The maximum absolute atomic E-state index is 13.6. The van der Waals surface area contributed by atoms with E-state index < -0.39 is 5.60 Å². The average Bonchev–Trinajstić information content (AvgIpc) is 3.13. The van der Waals surface area contributed by atoms with E-state index in [2.05, 4.69) is 21.2 Å². The van der Waals surface area contributed by atoms with E-state index in [0.717, 1.165) is 53.0 Å². The number of ether oxygens (including phenoxy) is 2. The Hall–Kier alpha value is -2.64. The van der Waals surface area contributed by atoms with Crippen molar-refractivity contribution in [3.05, 3.63) is 63.8 Å². The van der Waals surface area contributed by atoms with Crippen LogP contribution in [0.5, 0.6) is 11.5 Å². The van der Waals surface area contributed by atoms with Crippen LogP contribution in [0.4, 0.5) is 0 Å². The van der Waals surface area contributed by atoms with Crippen LogP contribution in [0.1, 0.15) is 34.5 Å². The Bertz CT molecular complexity index is 1150. The van der Waals surface area contributed by atoms with Gasteiger partial charge in [0.1, 0.15) is 22.8 Å². The van der Waals surface area contributed by atoms with Gasteiger partial charge >= 0.3 is 0 Å². The number of hydrogen-bond donors (Lipinski definition) is 1. The molecule has 0 atom stereocenters. The number of hydrogen-bond acceptors (Lipinski definition) is 5. The van der Waals surface area contributed by atoms with Gasteiger partial charge in [0.15, 0.2) is 0 Å². The molecule has 2 aliphatic rings. The van der Waals surface area contributed by atoms with Crippen LogP contribution in [-0.4, -0.2) is 35.8 Å². The summed E-state index contributed by atoms with van der Waals surface area (Å²) < 4.78 is 14.6. The van der Waals surface area contributed by atoms with Gasteiger partial charge in [-0.05, 0) is 59.4 Å². The number of ketones is 1. The standard InChI is InChI=1S/C23H22BrN3O3/c1-27-21-15-5-3-4-6-17(15)30-23(9-11-25-12-10-23)19(21)20(26-27)22(28)14-7-8-16(24)18(13-14)29-2/h3-8,13,25H,9-12H2,1-2H3. The summed E-state index contributed by atoms with van der Waals surface area (Å²) in [5, 5.41) is 8.11. The molecule has 30 heavy (non-hydrogen) atoms. The van der Waals surface area contributed by atoms with Gasteiger partial charge in [0, 0.05) is 31.0 Å². The Labute approximate surface area is 183 Å². The second kappa shape index (κ2) is 7.25. The summed E-state index contributed by atoms with van der Waals surface area (Å²) >= 11 is 3.45. The first-order chi connectivity index (χ1) is 14.5. The summed E-state index contributed by atoms with van der Waals surface area (Å²) in [6.45, 7) is 1.66. The summed E-state index contributed by atoms with van der Waals surface area (Å²) in [6, 6.07) is 13.4. The fraction of sp³-hybridized carbons (Fsp3) is 0.304. The van der Waals surface area contributed by atoms with E-state index in [-0.39, 0.29) is 5.78 Å². The van der Waals surface area contributed by atoms with E-state index in [0.29, 0.717) is 17.0 Å². The van der Waals surface area contributed by atoms with Gasteiger partial charge < -0.3 is 14.8 Å². The molecular formula is C23H22BrN3O3. The van der Waals surface area contributed by atoms with E-state index in [9.17, 15) is 4.79 Å². The molecule has 1 N–H and O–H groups in total. The minimum absolute atomic E-state index is 0.126. The number of nitrogens with zero attached hydrogens (tertiary/aromatic N) is 2. The van der Waals surface area contributed by atoms with Crippen LogP contribution in [0.25, 0.3) is 11.3 Å². The molecule has 1 fully saturated rings. The molecular weight excluding hydrogens is 446 g/mol. The van der Waals surface area contributed by atoms with Crippen LogP contribution in [0.3, 0.4) is 0 Å². The van der Waals surface area contributed by atoms with Crippen LogP contribution < -0.4 is 14.8 Å². The molecule has 7 heteroatoms. The van der Waals surface area contributed by atoms with Crippen molar-refractivity contribution >= 4 is 21.7 Å². The highest BCUT2D eigenvalue weighted by Crippen LogP contribution is 2.50. The smallest absolute Gasteiger partial charge is 0.213 e. The number of nitrogens with one attached hydrogen (secondary N) is 1. The highest BCUT2D eigenvalue weighted by Gasteiger charge is 2.47. The van der Waals surface area contributed by atoms with Crippen LogP contribution in [-0.2, 0) is 12.6 Å². The molecule has 3 heterocycles. The van der Waals surface area contributed by atoms with Crippen LogP contribution >= 0.6 is 15.9 Å². The molecule has 6 nitrogen and oxygen atoms in total. The molecule has 3 aromatic rings. The highest BCUT2D eigenvalue weighted by molar-refractivity contribution is 9.10. The molecule has 0 bridgehead atoms. The Balaban J connectivity index is 1.72. The number of aromatic nitrogens is 2. The quantitative estimate of drug-likeness (QED) is 0.588. The molecule has 0 unspecified atom stereocenters. The topological polar surface area (TPSA) is 65.4 Å². The molecule has 0 amide bonds. The van der Waals surface area contributed by atoms with Gasteiger partial charge in [-0.15, -0.1) is 0 Å². The third-order valence-corrected chi connectivity index (χ3v) is 6.65. The average molecular weight is 468 g/mol. The van der Waals surface area contributed by atoms with E-state index in [1.165, 1.54) is 0 Å². The molecule has 154 valence electrons. The number of aryl methyl sites for hydroxylation is 1. The molecule has 2 aliphatic heterocycles. The molecule has 0 radical (unpaired) electrons. The molecule has 1 saturated heterocycles. The number of carbonyl (C=O) groups excluding carboxylic acids is 1. The number of para-hydroxylation sites is 1. The Morgan fingerprint density at radius 1 is 1.23 bits per heavy atom. The van der Waals surface area contributed by atoms with Crippen LogP contribution in [0.15, 0.2) is 46.9 Å². The molecule has 1 spiro atoms. The number of methoxy groups -OCH3 is 1. The predicted molar refractivity (Wildman–Crippen MR) is 117 cm³/mol. The molecule has 2 aromatic carbocycles. The first-order valence-corrected chi connectivity index (χ1v) is 10.8. The maximum Gasteiger partial charge on any atom is 0.213 e. The number of halogens is 1. The first kappa shape index (κ1) is 19.3. The van der Waals surface area contributed by atoms with Gasteiger partial charge in [0.05, 0.1) is 22.8 Å². The zero-order valence-electron chi connectivity index (χ0n) is 16.9. The van der Waals surface area contributed by atoms with Gasteiger partial charge in [-0.3, -0.25) is 9.48 Å². The van der Waals surface area contributed by atoms with Gasteiger partial charge in [-0.25, -0.2) is 0 Å². The third-order valence-electron chi connectivity index (χ3n) is 5.99. The van der Waals surface area contributed by atoms with Crippen molar-refractivity contribution in [1.82, 2.24) is 15.1 Å². The van der Waals surface area contributed by atoms with Crippen molar-refractivity contribution in [2.75, 3.05) is 20.2 Å². The van der Waals surface area contributed by atoms with Crippen molar-refractivity contribution < 1.29 is 14.3 Å². The SMILES string of the molecule is COc1cc(C(=O)c2nn(C)c3c2C2(CCNCC2)Oc2ccccc2-3)ccc1Br. The summed E-state index contributed by atoms with van der Waals surface area (Å²) in [5.41, 5.74) is 3.27. The van der Waals surface area contributed by atoms with Crippen molar-refractivity contribution in [3.63, 3.8) is 0 Å². The minimum atomic E-state index is -0.562.